The number of aromatic nitrogens is 6. The fourth-order valence-electron chi connectivity index (χ4n) is 3.23. The van der Waals surface area contributed by atoms with Crippen LogP contribution in [0, 0.1) is 0 Å². The van der Waals surface area contributed by atoms with Gasteiger partial charge in [0.25, 0.3) is 0 Å². The fourth-order valence-corrected chi connectivity index (χ4v) is 3.23. The van der Waals surface area contributed by atoms with Gasteiger partial charge in [-0.05, 0) is 35.8 Å². The minimum Gasteiger partial charge on any atom is -0.480 e. The second-order valence-corrected chi connectivity index (χ2v) is 6.16. The van der Waals surface area contributed by atoms with Gasteiger partial charge < -0.3 is 10.0 Å². The van der Waals surface area contributed by atoms with E-state index in [2.05, 4.69) is 20.6 Å². The molecule has 2 aromatic rings. The molecule has 0 saturated carbocycles. The number of hydrogen-bond acceptors (Lipinski definition) is 6. The lowest BCUT2D eigenvalue weighted by molar-refractivity contribution is -0.138. The number of aliphatic carboxylic acids is 1. The van der Waals surface area contributed by atoms with Gasteiger partial charge in [-0.25, -0.2) is 4.68 Å². The van der Waals surface area contributed by atoms with E-state index in [4.69, 9.17) is 5.11 Å². The molecule has 0 bridgehead atoms. The normalized spacial score (nSPS) is 17.6. The van der Waals surface area contributed by atoms with Crippen LogP contribution in [0.3, 0.4) is 0 Å². The number of tetrazole rings is 1. The summed E-state index contributed by atoms with van der Waals surface area (Å²) in [5, 5.41) is 24.0. The summed E-state index contributed by atoms with van der Waals surface area (Å²) in [5.41, 5.74) is 0.883. The Morgan fingerprint density at radius 2 is 2.24 bits per heavy atom. The highest BCUT2D eigenvalue weighted by Gasteiger charge is 2.26. The van der Waals surface area contributed by atoms with Crippen molar-refractivity contribution in [1.82, 2.24) is 34.9 Å². The van der Waals surface area contributed by atoms with Crippen molar-refractivity contribution < 1.29 is 14.7 Å². The zero-order valence-corrected chi connectivity index (χ0v) is 13.9. The van der Waals surface area contributed by atoms with Crippen molar-refractivity contribution in [2.45, 2.75) is 44.7 Å². The average Bonchev–Trinajstić information content (AvgIpc) is 3.26. The predicted molar refractivity (Wildman–Crippen MR) is 85.5 cm³/mol. The second-order valence-electron chi connectivity index (χ2n) is 6.16. The maximum absolute atomic E-state index is 12.5. The lowest BCUT2D eigenvalue weighted by Gasteiger charge is -2.33. The lowest BCUT2D eigenvalue weighted by atomic mass is 9.94. The van der Waals surface area contributed by atoms with Crippen LogP contribution < -0.4 is 0 Å². The Balaban J connectivity index is 1.54. The van der Waals surface area contributed by atoms with Crippen molar-refractivity contribution in [3.05, 3.63) is 24.3 Å². The van der Waals surface area contributed by atoms with E-state index in [0.717, 1.165) is 25.1 Å². The van der Waals surface area contributed by atoms with E-state index in [1.807, 2.05) is 11.0 Å². The van der Waals surface area contributed by atoms with Crippen molar-refractivity contribution >= 4 is 11.9 Å². The number of carboxylic acid groups (broad SMARTS) is 1. The zero-order valence-electron chi connectivity index (χ0n) is 13.9. The highest BCUT2D eigenvalue weighted by atomic mass is 16.4. The van der Waals surface area contributed by atoms with E-state index >= 15 is 0 Å². The Hall–Kier alpha value is -2.78. The molecule has 0 radical (unpaired) electrons. The number of carbonyl (C=O) groups is 2. The molecule has 3 heterocycles. The van der Waals surface area contributed by atoms with Gasteiger partial charge in [-0.1, -0.05) is 0 Å². The number of nitrogens with zero attached hydrogens (tertiary/aromatic N) is 7. The quantitative estimate of drug-likeness (QED) is 0.756. The Labute approximate surface area is 144 Å². The molecule has 0 aromatic carbocycles. The van der Waals surface area contributed by atoms with Crippen LogP contribution in [0.1, 0.15) is 37.3 Å². The molecule has 0 unspecified atom stereocenters. The van der Waals surface area contributed by atoms with E-state index in [0.29, 0.717) is 25.9 Å². The Morgan fingerprint density at radius 3 is 3.00 bits per heavy atom. The Morgan fingerprint density at radius 1 is 1.36 bits per heavy atom. The largest absolute Gasteiger partial charge is 0.480 e. The first kappa shape index (κ1) is 17.1. The summed E-state index contributed by atoms with van der Waals surface area (Å²) in [4.78, 5) is 25.3. The van der Waals surface area contributed by atoms with Crippen LogP contribution in [0.5, 0.6) is 0 Å². The van der Waals surface area contributed by atoms with Crippen LogP contribution in [-0.2, 0) is 22.7 Å². The molecular weight excluding hydrogens is 326 g/mol. The van der Waals surface area contributed by atoms with Gasteiger partial charge in [-0.3, -0.25) is 14.3 Å². The number of amides is 1. The van der Waals surface area contributed by atoms with Gasteiger partial charge in [0.1, 0.15) is 12.9 Å². The molecule has 1 N–H and O–H groups in total. The molecule has 134 valence electrons. The number of carbonyl (C=O) groups excluding carboxylic acids is 1. The van der Waals surface area contributed by atoms with Crippen LogP contribution in [0.4, 0.5) is 0 Å². The molecule has 1 aliphatic heterocycles. The van der Waals surface area contributed by atoms with Crippen molar-refractivity contribution in [1.29, 1.82) is 0 Å². The van der Waals surface area contributed by atoms with Crippen LogP contribution in [0.2, 0.25) is 0 Å². The van der Waals surface area contributed by atoms with Gasteiger partial charge in [-0.2, -0.15) is 5.10 Å². The molecule has 1 amide bonds. The fraction of sp³-hybridized carbons (Fsp3) is 0.600. The molecule has 10 heteroatoms. The van der Waals surface area contributed by atoms with E-state index in [1.165, 1.54) is 11.0 Å². The minimum absolute atomic E-state index is 0.113. The van der Waals surface area contributed by atoms with E-state index in [9.17, 15) is 9.59 Å². The van der Waals surface area contributed by atoms with Gasteiger partial charge in [0.2, 0.25) is 5.91 Å². The van der Waals surface area contributed by atoms with E-state index < -0.39 is 5.97 Å². The third kappa shape index (κ3) is 4.40. The summed E-state index contributed by atoms with van der Waals surface area (Å²) in [6, 6.07) is 1.85. The maximum Gasteiger partial charge on any atom is 0.325 e. The summed E-state index contributed by atoms with van der Waals surface area (Å²) >= 11 is 0. The Bertz CT molecular complexity index is 713. The summed E-state index contributed by atoms with van der Waals surface area (Å²) < 4.78 is 3.12. The predicted octanol–water partition coefficient (Wildman–Crippen LogP) is 0.141. The lowest BCUT2D eigenvalue weighted by Crippen LogP contribution is -2.39. The van der Waals surface area contributed by atoms with Gasteiger partial charge in [0.05, 0.1) is 0 Å². The summed E-state index contributed by atoms with van der Waals surface area (Å²) in [6.07, 6.45) is 6.11. The number of carboxylic acids is 1. The number of piperidine rings is 1. The van der Waals surface area contributed by atoms with Gasteiger partial charge >= 0.3 is 5.97 Å². The monoisotopic (exact) mass is 347 g/mol. The first-order valence-corrected chi connectivity index (χ1v) is 8.35. The first-order chi connectivity index (χ1) is 12.1. The molecule has 0 aliphatic carbocycles. The average molecular weight is 347 g/mol. The zero-order chi connectivity index (χ0) is 17.6. The summed E-state index contributed by atoms with van der Waals surface area (Å²) in [5.74, 6) is -0.683. The van der Waals surface area contributed by atoms with Crippen LogP contribution in [0.15, 0.2) is 18.6 Å². The molecule has 25 heavy (non-hydrogen) atoms. The number of hydrogen-bond donors (Lipinski definition) is 1. The number of likely N-dealkylation sites (tertiary alicyclic amines) is 1. The van der Waals surface area contributed by atoms with Crippen molar-refractivity contribution in [3.8, 4) is 0 Å². The van der Waals surface area contributed by atoms with E-state index in [1.54, 1.807) is 10.9 Å². The first-order valence-electron chi connectivity index (χ1n) is 8.35. The summed E-state index contributed by atoms with van der Waals surface area (Å²) in [6.45, 7) is 1.81. The molecule has 1 fully saturated rings. The molecule has 3 rings (SSSR count). The molecule has 1 atom stereocenters. The highest BCUT2D eigenvalue weighted by Crippen LogP contribution is 2.27. The second kappa shape index (κ2) is 7.86. The third-order valence-corrected chi connectivity index (χ3v) is 4.40. The topological polar surface area (TPSA) is 119 Å². The van der Waals surface area contributed by atoms with Crippen molar-refractivity contribution in [3.63, 3.8) is 0 Å². The Kier molecular flexibility index (Phi) is 5.36. The maximum atomic E-state index is 12.5. The van der Waals surface area contributed by atoms with Crippen molar-refractivity contribution in [2.24, 2.45) is 0 Å². The SMILES string of the molecule is O=C(O)Cn1nccc1[C@@H]1CCCN(C(=O)CCCn2cnnn2)C1. The molecule has 0 spiro atoms. The highest BCUT2D eigenvalue weighted by molar-refractivity contribution is 5.76. The minimum atomic E-state index is -0.920. The molecule has 1 saturated heterocycles. The van der Waals surface area contributed by atoms with Gasteiger partial charge in [0, 0.05) is 43.9 Å². The number of aryl methyl sites for hydroxylation is 1. The van der Waals surface area contributed by atoms with Crippen LogP contribution >= 0.6 is 0 Å². The third-order valence-electron chi connectivity index (χ3n) is 4.40. The van der Waals surface area contributed by atoms with Gasteiger partial charge in [0.15, 0.2) is 0 Å². The van der Waals surface area contributed by atoms with Crippen LogP contribution in [0.25, 0.3) is 0 Å². The summed E-state index contributed by atoms with van der Waals surface area (Å²) in [7, 11) is 0. The molecule has 1 aliphatic rings. The van der Waals surface area contributed by atoms with E-state index in [-0.39, 0.29) is 18.4 Å². The number of rotatable bonds is 7. The smallest absolute Gasteiger partial charge is 0.325 e. The molecular formula is C15H21N7O3. The van der Waals surface area contributed by atoms with Gasteiger partial charge in [-0.15, -0.1) is 5.10 Å². The van der Waals surface area contributed by atoms with Crippen LogP contribution in [-0.4, -0.2) is 65.0 Å². The van der Waals surface area contributed by atoms with Crippen molar-refractivity contribution in [2.75, 3.05) is 13.1 Å². The standard InChI is InChI=1S/C15H21N7O3/c23-14(4-2-8-21-11-16-18-19-21)20-7-1-3-12(9-20)13-5-6-17-22(13)10-15(24)25/h5-6,11-12H,1-4,7-10H2,(H,24,25)/t12-/m1/s1. The molecule has 2 aromatic heterocycles. The molecule has 10 nitrogen and oxygen atoms in total.